The van der Waals surface area contributed by atoms with Crippen molar-refractivity contribution < 1.29 is 28.8 Å². The number of benzene rings is 1. The number of ether oxygens (including phenoxy) is 2. The van der Waals surface area contributed by atoms with Gasteiger partial charge >= 0.3 is 11.9 Å². The second kappa shape index (κ2) is 13.3. The number of carbonyl (C=O) groups is 3. The summed E-state index contributed by atoms with van der Waals surface area (Å²) in [6.07, 6.45) is 0.980. The Kier molecular flexibility index (Phi) is 10.5. The molecular weight excluding hydrogens is 498 g/mol. The average molecular weight is 528 g/mol. The van der Waals surface area contributed by atoms with Gasteiger partial charge in [-0.3, -0.25) is 14.9 Å². The number of thiophene rings is 1. The lowest BCUT2D eigenvalue weighted by molar-refractivity contribution is -0.384. The number of nitriles is 1. The Hall–Kier alpha value is -4.04. The first-order valence-corrected chi connectivity index (χ1v) is 12.6. The number of rotatable bonds is 12. The van der Waals surface area contributed by atoms with Gasteiger partial charge in [-0.2, -0.15) is 5.26 Å². The maximum Gasteiger partial charge on any atom is 0.348 e. The van der Waals surface area contributed by atoms with Crippen LogP contribution in [0, 0.1) is 28.4 Å². The molecule has 0 fully saturated rings. The molecule has 0 aliphatic rings. The molecule has 0 saturated heterocycles. The molecule has 0 aliphatic carbocycles. The molecule has 0 unspecified atom stereocenters. The van der Waals surface area contributed by atoms with Crippen molar-refractivity contribution >= 4 is 46.5 Å². The second-order valence-corrected chi connectivity index (χ2v) is 8.84. The van der Waals surface area contributed by atoms with E-state index < -0.39 is 22.6 Å². The number of hydrogen-bond donors (Lipinski definition) is 0. The van der Waals surface area contributed by atoms with E-state index in [1.807, 2.05) is 24.8 Å². The van der Waals surface area contributed by atoms with Crippen molar-refractivity contribution in [3.05, 3.63) is 60.3 Å². The summed E-state index contributed by atoms with van der Waals surface area (Å²) in [6, 6.07) is 6.15. The van der Waals surface area contributed by atoms with Gasteiger partial charge in [0, 0.05) is 47.8 Å². The standard InChI is InChI=1S/C26H29N3O7S/c1-6-28(7-2)20-11-10-19(29(33)34)13-17(20)12-18(15-27)21(30)14-22-23(25(31)35-8-3)16(5)24(37-22)26(32)36-9-4/h10-13H,6-9,14H2,1-5H3/b18-12-. The number of Topliss-reactive ketones (excluding diaryl/α,β-unsaturated/α-hetero) is 1. The largest absolute Gasteiger partial charge is 0.462 e. The maximum atomic E-state index is 13.2. The molecule has 0 saturated carbocycles. The van der Waals surface area contributed by atoms with Gasteiger partial charge in [0.25, 0.3) is 5.69 Å². The van der Waals surface area contributed by atoms with Crippen LogP contribution in [0.15, 0.2) is 23.8 Å². The fourth-order valence-corrected chi connectivity index (χ4v) is 4.94. The molecule has 37 heavy (non-hydrogen) atoms. The highest BCUT2D eigenvalue weighted by Gasteiger charge is 2.28. The molecule has 196 valence electrons. The van der Waals surface area contributed by atoms with E-state index in [4.69, 9.17) is 9.47 Å². The lowest BCUT2D eigenvalue weighted by Crippen LogP contribution is -2.22. The van der Waals surface area contributed by atoms with E-state index in [1.165, 1.54) is 18.2 Å². The van der Waals surface area contributed by atoms with Crippen molar-refractivity contribution in [1.82, 2.24) is 0 Å². The molecule has 0 atom stereocenters. The molecular formula is C26H29N3O7S. The molecule has 1 aromatic carbocycles. The van der Waals surface area contributed by atoms with Gasteiger partial charge in [0.2, 0.25) is 0 Å². The number of nitro groups is 1. The minimum Gasteiger partial charge on any atom is -0.462 e. The fourth-order valence-electron chi connectivity index (χ4n) is 3.75. The van der Waals surface area contributed by atoms with E-state index in [0.29, 0.717) is 29.9 Å². The molecule has 1 heterocycles. The van der Waals surface area contributed by atoms with Crippen LogP contribution in [-0.4, -0.2) is 48.9 Å². The third-order valence-corrected chi connectivity index (χ3v) is 6.80. The Morgan fingerprint density at radius 1 is 1.11 bits per heavy atom. The van der Waals surface area contributed by atoms with Crippen LogP contribution in [0.4, 0.5) is 11.4 Å². The summed E-state index contributed by atoms with van der Waals surface area (Å²) in [7, 11) is 0. The van der Waals surface area contributed by atoms with Crippen LogP contribution in [-0.2, 0) is 20.7 Å². The van der Waals surface area contributed by atoms with E-state index in [9.17, 15) is 29.8 Å². The number of non-ortho nitro benzene ring substituents is 1. The number of hydrogen-bond acceptors (Lipinski definition) is 10. The highest BCUT2D eigenvalue weighted by atomic mass is 32.1. The number of allylic oxidation sites excluding steroid dienone is 1. The van der Waals surface area contributed by atoms with Crippen LogP contribution in [0.5, 0.6) is 0 Å². The Labute approximate surface area is 219 Å². The topological polar surface area (TPSA) is 140 Å². The predicted octanol–water partition coefficient (Wildman–Crippen LogP) is 4.88. The first kappa shape index (κ1) is 29.2. The molecule has 0 amide bonds. The summed E-state index contributed by atoms with van der Waals surface area (Å²) in [5, 5.41) is 21.1. The number of anilines is 1. The Bertz CT molecular complexity index is 1270. The lowest BCUT2D eigenvalue weighted by Gasteiger charge is -2.23. The van der Waals surface area contributed by atoms with Crippen molar-refractivity contribution in [3.8, 4) is 6.07 Å². The van der Waals surface area contributed by atoms with E-state index in [-0.39, 0.29) is 46.2 Å². The second-order valence-electron chi connectivity index (χ2n) is 7.74. The Balaban J connectivity index is 2.57. The van der Waals surface area contributed by atoms with Gasteiger partial charge < -0.3 is 14.4 Å². The van der Waals surface area contributed by atoms with Crippen molar-refractivity contribution in [2.24, 2.45) is 0 Å². The van der Waals surface area contributed by atoms with Gasteiger partial charge in [0.05, 0.1) is 29.3 Å². The smallest absolute Gasteiger partial charge is 0.348 e. The van der Waals surface area contributed by atoms with Crippen LogP contribution in [0.3, 0.4) is 0 Å². The zero-order valence-electron chi connectivity index (χ0n) is 21.5. The summed E-state index contributed by atoms with van der Waals surface area (Å²) >= 11 is 0.942. The maximum absolute atomic E-state index is 13.2. The summed E-state index contributed by atoms with van der Waals surface area (Å²) in [6.45, 7) is 10.2. The molecule has 0 spiro atoms. The van der Waals surface area contributed by atoms with Crippen LogP contribution in [0.25, 0.3) is 6.08 Å². The molecule has 0 radical (unpaired) electrons. The minimum atomic E-state index is -0.681. The third-order valence-electron chi connectivity index (χ3n) is 5.53. The van der Waals surface area contributed by atoms with E-state index in [1.54, 1.807) is 26.8 Å². The zero-order valence-corrected chi connectivity index (χ0v) is 22.3. The third kappa shape index (κ3) is 6.80. The Morgan fingerprint density at radius 2 is 1.73 bits per heavy atom. The highest BCUT2D eigenvalue weighted by Crippen LogP contribution is 2.32. The van der Waals surface area contributed by atoms with E-state index >= 15 is 0 Å². The first-order chi connectivity index (χ1) is 17.6. The minimum absolute atomic E-state index is 0.0970. The van der Waals surface area contributed by atoms with Gasteiger partial charge in [-0.15, -0.1) is 11.3 Å². The first-order valence-electron chi connectivity index (χ1n) is 11.8. The van der Waals surface area contributed by atoms with Gasteiger partial charge in [-0.05, 0) is 52.3 Å². The Morgan fingerprint density at radius 3 is 2.27 bits per heavy atom. The molecule has 0 bridgehead atoms. The van der Waals surface area contributed by atoms with E-state index in [0.717, 1.165) is 11.3 Å². The number of ketones is 1. The lowest BCUT2D eigenvalue weighted by atomic mass is 10.0. The van der Waals surface area contributed by atoms with Gasteiger partial charge in [-0.25, -0.2) is 9.59 Å². The van der Waals surface area contributed by atoms with Crippen molar-refractivity contribution in [2.45, 2.75) is 41.0 Å². The summed E-state index contributed by atoms with van der Waals surface area (Å²) in [5.74, 6) is -1.91. The van der Waals surface area contributed by atoms with E-state index in [2.05, 4.69) is 0 Å². The van der Waals surface area contributed by atoms with Crippen LogP contribution >= 0.6 is 11.3 Å². The fraction of sp³-hybridized carbons (Fsp3) is 0.385. The quantitative estimate of drug-likeness (QED) is 0.124. The normalized spacial score (nSPS) is 11.0. The molecule has 2 rings (SSSR count). The number of carbonyl (C=O) groups excluding carboxylic acids is 3. The van der Waals surface area contributed by atoms with Crippen LogP contribution in [0.1, 0.15) is 63.7 Å². The van der Waals surface area contributed by atoms with Gasteiger partial charge in [0.1, 0.15) is 10.9 Å². The predicted molar refractivity (Wildman–Crippen MR) is 140 cm³/mol. The summed E-state index contributed by atoms with van der Waals surface area (Å²) < 4.78 is 10.2. The molecule has 1 aromatic heterocycles. The molecule has 0 aliphatic heterocycles. The van der Waals surface area contributed by atoms with Gasteiger partial charge in [-0.1, -0.05) is 0 Å². The average Bonchev–Trinajstić information content (AvgIpc) is 3.19. The van der Waals surface area contributed by atoms with Crippen molar-refractivity contribution in [2.75, 3.05) is 31.2 Å². The van der Waals surface area contributed by atoms with Crippen molar-refractivity contribution in [1.29, 1.82) is 5.26 Å². The number of esters is 2. The molecule has 2 aromatic rings. The van der Waals surface area contributed by atoms with Gasteiger partial charge in [0.15, 0.2) is 5.78 Å². The van der Waals surface area contributed by atoms with Crippen LogP contribution in [0.2, 0.25) is 0 Å². The summed E-state index contributed by atoms with van der Waals surface area (Å²) in [5.41, 5.74) is 1.01. The van der Waals surface area contributed by atoms with Crippen molar-refractivity contribution in [3.63, 3.8) is 0 Å². The molecule has 10 nitrogen and oxygen atoms in total. The monoisotopic (exact) mass is 527 g/mol. The number of nitrogens with zero attached hydrogens (tertiary/aromatic N) is 3. The SMILES string of the molecule is CCOC(=O)c1sc(CC(=O)/C(C#N)=C\c2cc([N+](=O)[O-])ccc2N(CC)CC)c(C(=O)OCC)c1C. The summed E-state index contributed by atoms with van der Waals surface area (Å²) in [4.78, 5) is 51.5. The molecule has 11 heteroatoms. The number of nitro benzene ring substituents is 1. The van der Waals surface area contributed by atoms with Crippen LogP contribution < -0.4 is 4.90 Å². The zero-order chi connectivity index (χ0) is 27.7. The molecule has 0 N–H and O–H groups in total. The highest BCUT2D eigenvalue weighted by molar-refractivity contribution is 7.14.